The lowest BCUT2D eigenvalue weighted by molar-refractivity contribution is 0.0602. The standard InChI is InChI=1S/C26H21NO4/c1-30-23-15-9-8-14-22(23)27(25(28)19-11-4-3-5-12-19)24-20-13-7-6-10-18(20)16-17-21(24)26(29)31-2/h3-17H,1-2H3. The second kappa shape index (κ2) is 8.71. The van der Waals surface area contributed by atoms with Crippen LogP contribution in [0.2, 0.25) is 0 Å². The van der Waals surface area contributed by atoms with Crippen LogP contribution in [0, 0.1) is 0 Å². The Kier molecular flexibility index (Phi) is 5.67. The van der Waals surface area contributed by atoms with Crippen molar-refractivity contribution in [3.05, 3.63) is 102 Å². The molecule has 4 rings (SSSR count). The molecule has 4 aromatic rings. The van der Waals surface area contributed by atoms with Crippen LogP contribution in [0.1, 0.15) is 20.7 Å². The Morgan fingerprint density at radius 3 is 2.16 bits per heavy atom. The topological polar surface area (TPSA) is 55.8 Å². The quantitative estimate of drug-likeness (QED) is 0.400. The molecule has 0 unspecified atom stereocenters. The highest BCUT2D eigenvalue weighted by atomic mass is 16.5. The van der Waals surface area contributed by atoms with Gasteiger partial charge in [0.1, 0.15) is 5.75 Å². The van der Waals surface area contributed by atoms with Gasteiger partial charge in [-0.05, 0) is 35.7 Å². The molecule has 1 amide bonds. The van der Waals surface area contributed by atoms with E-state index in [-0.39, 0.29) is 11.5 Å². The predicted octanol–water partition coefficient (Wildman–Crippen LogP) is 5.61. The molecule has 154 valence electrons. The van der Waals surface area contributed by atoms with E-state index >= 15 is 0 Å². The minimum atomic E-state index is -0.526. The number of hydrogen-bond acceptors (Lipinski definition) is 4. The number of anilines is 2. The summed E-state index contributed by atoms with van der Waals surface area (Å²) in [6.07, 6.45) is 0. The van der Waals surface area contributed by atoms with Crippen molar-refractivity contribution in [2.45, 2.75) is 0 Å². The Morgan fingerprint density at radius 2 is 1.42 bits per heavy atom. The molecule has 0 saturated carbocycles. The number of rotatable bonds is 5. The molecule has 4 aromatic carbocycles. The molecule has 31 heavy (non-hydrogen) atoms. The van der Waals surface area contributed by atoms with E-state index in [4.69, 9.17) is 9.47 Å². The van der Waals surface area contributed by atoms with Crippen LogP contribution in [0.25, 0.3) is 10.8 Å². The third-order valence-electron chi connectivity index (χ3n) is 5.08. The van der Waals surface area contributed by atoms with Gasteiger partial charge in [0.15, 0.2) is 0 Å². The molecule has 0 atom stereocenters. The molecule has 0 fully saturated rings. The van der Waals surface area contributed by atoms with E-state index in [2.05, 4.69) is 0 Å². The van der Waals surface area contributed by atoms with E-state index in [1.165, 1.54) is 12.0 Å². The summed E-state index contributed by atoms with van der Waals surface area (Å²) in [7, 11) is 2.88. The van der Waals surface area contributed by atoms with Gasteiger partial charge < -0.3 is 9.47 Å². The van der Waals surface area contributed by atoms with Gasteiger partial charge in [-0.15, -0.1) is 0 Å². The van der Waals surface area contributed by atoms with Crippen molar-refractivity contribution in [2.75, 3.05) is 19.1 Å². The summed E-state index contributed by atoms with van der Waals surface area (Å²) in [5, 5.41) is 1.64. The van der Waals surface area contributed by atoms with Crippen LogP contribution in [0.15, 0.2) is 91.0 Å². The molecular formula is C26H21NO4. The van der Waals surface area contributed by atoms with E-state index in [1.807, 2.05) is 48.5 Å². The average molecular weight is 411 g/mol. The molecule has 0 heterocycles. The van der Waals surface area contributed by atoms with Crippen molar-refractivity contribution >= 4 is 34.0 Å². The number of para-hydroxylation sites is 2. The normalized spacial score (nSPS) is 10.5. The lowest BCUT2D eigenvalue weighted by Gasteiger charge is -2.28. The second-order valence-electron chi connectivity index (χ2n) is 6.85. The fourth-order valence-corrected chi connectivity index (χ4v) is 3.63. The number of amides is 1. The second-order valence-corrected chi connectivity index (χ2v) is 6.85. The highest BCUT2D eigenvalue weighted by Crippen LogP contribution is 2.41. The van der Waals surface area contributed by atoms with Crippen molar-refractivity contribution in [1.82, 2.24) is 0 Å². The number of fused-ring (bicyclic) bond motifs is 1. The third kappa shape index (κ3) is 3.73. The van der Waals surface area contributed by atoms with Crippen molar-refractivity contribution < 1.29 is 19.1 Å². The smallest absolute Gasteiger partial charge is 0.340 e. The first-order chi connectivity index (χ1) is 15.2. The first kappa shape index (κ1) is 20.2. The predicted molar refractivity (Wildman–Crippen MR) is 121 cm³/mol. The minimum Gasteiger partial charge on any atom is -0.495 e. The Hall–Kier alpha value is -4.12. The van der Waals surface area contributed by atoms with Crippen LogP contribution in [0.4, 0.5) is 11.4 Å². The van der Waals surface area contributed by atoms with Crippen LogP contribution in [0.3, 0.4) is 0 Å². The molecule has 0 aliphatic carbocycles. The van der Waals surface area contributed by atoms with Crippen molar-refractivity contribution in [2.24, 2.45) is 0 Å². The van der Waals surface area contributed by atoms with Crippen molar-refractivity contribution in [3.63, 3.8) is 0 Å². The fraction of sp³-hybridized carbons (Fsp3) is 0.0769. The summed E-state index contributed by atoms with van der Waals surface area (Å²) in [6.45, 7) is 0. The van der Waals surface area contributed by atoms with E-state index in [9.17, 15) is 9.59 Å². The van der Waals surface area contributed by atoms with Crippen LogP contribution in [-0.2, 0) is 4.74 Å². The number of carbonyl (C=O) groups is 2. The summed E-state index contributed by atoms with van der Waals surface area (Å²) in [5.74, 6) is -0.302. The van der Waals surface area contributed by atoms with Gasteiger partial charge in [-0.3, -0.25) is 9.69 Å². The maximum absolute atomic E-state index is 13.8. The zero-order chi connectivity index (χ0) is 21.8. The van der Waals surface area contributed by atoms with E-state index in [0.717, 1.165) is 10.8 Å². The van der Waals surface area contributed by atoms with Gasteiger partial charge in [-0.25, -0.2) is 4.79 Å². The Labute approximate surface area is 180 Å². The number of nitrogens with zero attached hydrogens (tertiary/aromatic N) is 1. The Morgan fingerprint density at radius 1 is 0.742 bits per heavy atom. The lowest BCUT2D eigenvalue weighted by Crippen LogP contribution is -2.28. The molecule has 0 saturated heterocycles. The molecule has 0 aliphatic heterocycles. The third-order valence-corrected chi connectivity index (χ3v) is 5.08. The number of hydrogen-bond donors (Lipinski definition) is 0. The zero-order valence-electron chi connectivity index (χ0n) is 17.2. The summed E-state index contributed by atoms with van der Waals surface area (Å²) in [5.41, 5.74) is 1.75. The first-order valence-electron chi connectivity index (χ1n) is 9.78. The van der Waals surface area contributed by atoms with Gasteiger partial charge in [0.25, 0.3) is 5.91 Å². The molecular weight excluding hydrogens is 390 g/mol. The average Bonchev–Trinajstić information content (AvgIpc) is 2.84. The van der Waals surface area contributed by atoms with Crippen LogP contribution in [-0.4, -0.2) is 26.1 Å². The monoisotopic (exact) mass is 411 g/mol. The van der Waals surface area contributed by atoms with Crippen LogP contribution < -0.4 is 9.64 Å². The number of ether oxygens (including phenoxy) is 2. The van der Waals surface area contributed by atoms with Gasteiger partial charge in [-0.2, -0.15) is 0 Å². The number of methoxy groups -OCH3 is 2. The molecule has 5 heteroatoms. The van der Waals surface area contributed by atoms with Crippen molar-refractivity contribution in [1.29, 1.82) is 0 Å². The van der Waals surface area contributed by atoms with Crippen LogP contribution >= 0.6 is 0 Å². The van der Waals surface area contributed by atoms with Gasteiger partial charge >= 0.3 is 5.97 Å². The molecule has 0 radical (unpaired) electrons. The van der Waals surface area contributed by atoms with Gasteiger partial charge in [0, 0.05) is 10.9 Å². The summed E-state index contributed by atoms with van der Waals surface area (Å²) < 4.78 is 10.6. The minimum absolute atomic E-state index is 0.286. The molecule has 0 spiro atoms. The van der Waals surface area contributed by atoms with Crippen molar-refractivity contribution in [3.8, 4) is 5.75 Å². The molecule has 0 bridgehead atoms. The molecule has 0 N–H and O–H groups in total. The van der Waals surface area contributed by atoms with Gasteiger partial charge in [-0.1, -0.05) is 60.7 Å². The summed E-state index contributed by atoms with van der Waals surface area (Å²) in [4.78, 5) is 28.1. The first-order valence-corrected chi connectivity index (χ1v) is 9.78. The maximum atomic E-state index is 13.8. The Balaban J connectivity index is 2.08. The number of carbonyl (C=O) groups excluding carboxylic acids is 2. The SMILES string of the molecule is COC(=O)c1ccc2ccccc2c1N(C(=O)c1ccccc1)c1ccccc1OC. The summed E-state index contributed by atoms with van der Waals surface area (Å²) >= 11 is 0. The van der Waals surface area contributed by atoms with E-state index in [1.54, 1.807) is 49.6 Å². The highest BCUT2D eigenvalue weighted by Gasteiger charge is 2.29. The molecule has 0 aromatic heterocycles. The van der Waals surface area contributed by atoms with E-state index in [0.29, 0.717) is 22.7 Å². The fourth-order valence-electron chi connectivity index (χ4n) is 3.63. The van der Waals surface area contributed by atoms with Crippen LogP contribution in [0.5, 0.6) is 5.75 Å². The van der Waals surface area contributed by atoms with E-state index < -0.39 is 5.97 Å². The summed E-state index contributed by atoms with van der Waals surface area (Å²) in [6, 6.07) is 27.3. The maximum Gasteiger partial charge on any atom is 0.340 e. The highest BCUT2D eigenvalue weighted by molar-refractivity contribution is 6.19. The lowest BCUT2D eigenvalue weighted by atomic mass is 10.0. The van der Waals surface area contributed by atoms with Gasteiger partial charge in [0.05, 0.1) is 31.2 Å². The molecule has 5 nitrogen and oxygen atoms in total. The van der Waals surface area contributed by atoms with Gasteiger partial charge in [0.2, 0.25) is 0 Å². The zero-order valence-corrected chi connectivity index (χ0v) is 17.2. The largest absolute Gasteiger partial charge is 0.495 e. The Bertz CT molecular complexity index is 1250. The number of esters is 1. The number of benzene rings is 4. The molecule has 0 aliphatic rings.